The van der Waals surface area contributed by atoms with E-state index in [1.54, 1.807) is 24.0 Å². The zero-order valence-corrected chi connectivity index (χ0v) is 7.05. The maximum atomic E-state index is 5.64. The minimum Gasteiger partial charge on any atom is -0.383 e. The van der Waals surface area contributed by atoms with Crippen molar-refractivity contribution in [3.63, 3.8) is 0 Å². The Morgan fingerprint density at radius 1 is 1.38 bits per heavy atom. The fourth-order valence-electron chi connectivity index (χ4n) is 1.04. The Labute approximate surface area is 74.0 Å². The lowest BCUT2D eigenvalue weighted by molar-refractivity contribution is 0.758. The molecule has 0 saturated carbocycles. The van der Waals surface area contributed by atoms with Gasteiger partial charge in [0.1, 0.15) is 18.0 Å². The Balaban J connectivity index is 2.58. The van der Waals surface area contributed by atoms with Crippen molar-refractivity contribution in [3.8, 4) is 5.95 Å². The van der Waals surface area contributed by atoms with Crippen molar-refractivity contribution >= 4 is 11.6 Å². The fraction of sp³-hybridized carbons (Fsp3) is 0.167. The topological polar surface area (TPSA) is 101 Å². The quantitative estimate of drug-likeness (QED) is 0.594. The second kappa shape index (κ2) is 2.47. The van der Waals surface area contributed by atoms with Gasteiger partial charge in [0, 0.05) is 13.1 Å². The van der Waals surface area contributed by atoms with Gasteiger partial charge in [-0.2, -0.15) is 4.68 Å². The van der Waals surface area contributed by atoms with Gasteiger partial charge in [-0.05, 0) is 0 Å². The van der Waals surface area contributed by atoms with Crippen molar-refractivity contribution in [3.05, 3.63) is 12.4 Å². The molecule has 0 aliphatic rings. The zero-order valence-electron chi connectivity index (χ0n) is 7.05. The molecule has 0 bridgehead atoms. The molecule has 13 heavy (non-hydrogen) atoms. The highest BCUT2D eigenvalue weighted by atomic mass is 15.5. The lowest BCUT2D eigenvalue weighted by Gasteiger charge is -2.00. The van der Waals surface area contributed by atoms with Gasteiger partial charge in [-0.25, -0.2) is 0 Å². The SMILES string of the molecule is Cn1cnnc1-n1nc(N)cc1N. The lowest BCUT2D eigenvalue weighted by Crippen LogP contribution is -2.07. The van der Waals surface area contributed by atoms with Gasteiger partial charge in [0.25, 0.3) is 5.95 Å². The van der Waals surface area contributed by atoms with Crippen molar-refractivity contribution in [1.29, 1.82) is 0 Å². The Bertz CT molecular complexity index is 426. The number of aromatic nitrogens is 5. The van der Waals surface area contributed by atoms with Crippen LogP contribution < -0.4 is 11.5 Å². The van der Waals surface area contributed by atoms with E-state index in [0.717, 1.165) is 0 Å². The van der Waals surface area contributed by atoms with Gasteiger partial charge in [-0.15, -0.1) is 15.3 Å². The van der Waals surface area contributed by atoms with Crippen molar-refractivity contribution in [2.45, 2.75) is 0 Å². The molecule has 0 amide bonds. The van der Waals surface area contributed by atoms with Crippen LogP contribution in [-0.4, -0.2) is 24.5 Å². The zero-order chi connectivity index (χ0) is 9.42. The number of anilines is 2. The first-order chi connectivity index (χ1) is 6.18. The van der Waals surface area contributed by atoms with Crippen LogP contribution >= 0.6 is 0 Å². The van der Waals surface area contributed by atoms with Crippen LogP contribution in [0, 0.1) is 0 Å². The van der Waals surface area contributed by atoms with Gasteiger partial charge >= 0.3 is 0 Å². The Hall–Kier alpha value is -2.05. The summed E-state index contributed by atoms with van der Waals surface area (Å²) in [5.74, 6) is 1.34. The number of nitrogens with two attached hydrogens (primary N) is 2. The highest BCUT2D eigenvalue weighted by Crippen LogP contribution is 2.12. The number of hydrogen-bond acceptors (Lipinski definition) is 5. The Kier molecular flexibility index (Phi) is 1.44. The molecule has 0 aliphatic heterocycles. The summed E-state index contributed by atoms with van der Waals surface area (Å²) in [6.07, 6.45) is 1.56. The molecular formula is C6H9N7. The smallest absolute Gasteiger partial charge is 0.253 e. The summed E-state index contributed by atoms with van der Waals surface area (Å²) in [6, 6.07) is 1.56. The number of hydrogen-bond donors (Lipinski definition) is 2. The molecule has 0 aliphatic carbocycles. The third-order valence-corrected chi connectivity index (χ3v) is 1.63. The Morgan fingerprint density at radius 2 is 2.15 bits per heavy atom. The van der Waals surface area contributed by atoms with Crippen LogP contribution in [0.5, 0.6) is 0 Å². The van der Waals surface area contributed by atoms with E-state index in [0.29, 0.717) is 17.6 Å². The second-order valence-corrected chi connectivity index (χ2v) is 2.65. The van der Waals surface area contributed by atoms with Crippen molar-refractivity contribution < 1.29 is 0 Å². The molecule has 7 nitrogen and oxygen atoms in total. The van der Waals surface area contributed by atoms with E-state index in [4.69, 9.17) is 11.5 Å². The summed E-state index contributed by atoms with van der Waals surface area (Å²) in [6.45, 7) is 0. The van der Waals surface area contributed by atoms with Crippen LogP contribution in [0.25, 0.3) is 5.95 Å². The van der Waals surface area contributed by atoms with Crippen molar-refractivity contribution in [1.82, 2.24) is 24.5 Å². The molecule has 2 heterocycles. The molecule has 0 fully saturated rings. The molecule has 4 N–H and O–H groups in total. The molecule has 2 aromatic heterocycles. The number of nitrogen functional groups attached to an aromatic ring is 2. The third-order valence-electron chi connectivity index (χ3n) is 1.63. The van der Waals surface area contributed by atoms with E-state index in [-0.39, 0.29) is 0 Å². The molecule has 7 heteroatoms. The van der Waals surface area contributed by atoms with Crippen LogP contribution in [0.4, 0.5) is 11.6 Å². The van der Waals surface area contributed by atoms with Gasteiger partial charge < -0.3 is 16.0 Å². The molecule has 0 aromatic carbocycles. The third kappa shape index (κ3) is 1.10. The summed E-state index contributed by atoms with van der Waals surface area (Å²) >= 11 is 0. The predicted molar refractivity (Wildman–Crippen MR) is 46.9 cm³/mol. The van der Waals surface area contributed by atoms with Crippen LogP contribution in [-0.2, 0) is 7.05 Å². The van der Waals surface area contributed by atoms with E-state index < -0.39 is 0 Å². The van der Waals surface area contributed by atoms with E-state index in [9.17, 15) is 0 Å². The molecule has 0 atom stereocenters. The number of nitrogens with zero attached hydrogens (tertiary/aromatic N) is 5. The summed E-state index contributed by atoms with van der Waals surface area (Å²) in [5, 5.41) is 11.5. The molecule has 0 spiro atoms. The average molecular weight is 179 g/mol. The van der Waals surface area contributed by atoms with E-state index >= 15 is 0 Å². The minimum atomic E-state index is 0.362. The molecular weight excluding hydrogens is 170 g/mol. The normalized spacial score (nSPS) is 10.5. The van der Waals surface area contributed by atoms with E-state index in [1.807, 2.05) is 0 Å². The molecule has 2 rings (SSSR count). The lowest BCUT2D eigenvalue weighted by atomic mass is 10.6. The van der Waals surface area contributed by atoms with E-state index in [2.05, 4.69) is 15.3 Å². The highest BCUT2D eigenvalue weighted by Gasteiger charge is 2.08. The van der Waals surface area contributed by atoms with Crippen molar-refractivity contribution in [2.24, 2.45) is 7.05 Å². The van der Waals surface area contributed by atoms with Gasteiger partial charge in [0.2, 0.25) is 0 Å². The van der Waals surface area contributed by atoms with Gasteiger partial charge in [0.15, 0.2) is 0 Å². The average Bonchev–Trinajstić information content (AvgIpc) is 2.58. The first kappa shape index (κ1) is 7.59. The van der Waals surface area contributed by atoms with Crippen LogP contribution in [0.3, 0.4) is 0 Å². The molecule has 0 unspecified atom stereocenters. The molecule has 68 valence electrons. The van der Waals surface area contributed by atoms with Crippen LogP contribution in [0.2, 0.25) is 0 Å². The summed E-state index contributed by atoms with van der Waals surface area (Å²) < 4.78 is 3.13. The Morgan fingerprint density at radius 3 is 2.62 bits per heavy atom. The maximum absolute atomic E-state index is 5.64. The minimum absolute atomic E-state index is 0.362. The molecule has 0 radical (unpaired) electrons. The standard InChI is InChI=1S/C6H9N7/c1-12-3-9-10-6(12)13-5(8)2-4(7)11-13/h2-3H,8H2,1H3,(H2,7,11). The fourth-order valence-corrected chi connectivity index (χ4v) is 1.04. The van der Waals surface area contributed by atoms with E-state index in [1.165, 1.54) is 4.68 Å². The van der Waals surface area contributed by atoms with Crippen LogP contribution in [0.1, 0.15) is 0 Å². The van der Waals surface area contributed by atoms with Crippen molar-refractivity contribution in [2.75, 3.05) is 11.5 Å². The second-order valence-electron chi connectivity index (χ2n) is 2.65. The summed E-state index contributed by atoms with van der Waals surface area (Å²) in [4.78, 5) is 0. The number of rotatable bonds is 1. The van der Waals surface area contributed by atoms with Gasteiger partial charge in [0.05, 0.1) is 0 Å². The highest BCUT2D eigenvalue weighted by molar-refractivity contribution is 5.45. The molecule has 0 saturated heterocycles. The van der Waals surface area contributed by atoms with Gasteiger partial charge in [-0.3, -0.25) is 0 Å². The summed E-state index contributed by atoms with van der Waals surface area (Å²) in [7, 11) is 1.80. The monoisotopic (exact) mass is 179 g/mol. The number of aryl methyl sites for hydroxylation is 1. The van der Waals surface area contributed by atoms with Gasteiger partial charge in [-0.1, -0.05) is 0 Å². The van der Waals surface area contributed by atoms with Crippen LogP contribution in [0.15, 0.2) is 12.4 Å². The first-order valence-electron chi connectivity index (χ1n) is 3.64. The first-order valence-corrected chi connectivity index (χ1v) is 3.64. The maximum Gasteiger partial charge on any atom is 0.253 e. The largest absolute Gasteiger partial charge is 0.383 e. The predicted octanol–water partition coefficient (Wildman–Crippen LogP) is -0.835. The molecule has 2 aromatic rings. The summed E-state index contributed by atoms with van der Waals surface area (Å²) in [5.41, 5.74) is 11.1.